The molecule has 0 fully saturated rings. The molecule has 0 aliphatic heterocycles. The minimum atomic E-state index is -0.469. The summed E-state index contributed by atoms with van der Waals surface area (Å²) in [4.78, 5) is 11.7. The van der Waals surface area contributed by atoms with Crippen LogP contribution in [0.3, 0.4) is 0 Å². The quantitative estimate of drug-likeness (QED) is 0.362. The molecule has 3 rings (SSSR count). The Morgan fingerprint density at radius 2 is 1.90 bits per heavy atom. The first kappa shape index (κ1) is 20.8. The van der Waals surface area contributed by atoms with Crippen LogP contribution >= 0.6 is 11.6 Å². The number of hydrogen-bond donors (Lipinski definition) is 2. The summed E-state index contributed by atoms with van der Waals surface area (Å²) in [6.45, 7) is -0.0956. The zero-order valence-corrected chi connectivity index (χ0v) is 16.5. The Kier molecular flexibility index (Phi) is 6.46. The molecule has 5 nitrogen and oxygen atoms in total. The highest BCUT2D eigenvalue weighted by molar-refractivity contribution is 6.30. The van der Waals surface area contributed by atoms with Gasteiger partial charge in [-0.15, -0.1) is 0 Å². The molecular weight excluding hydrogens is 395 g/mol. The number of pyridine rings is 1. The van der Waals surface area contributed by atoms with Crippen LogP contribution < -0.4 is 5.56 Å². The minimum Gasteiger partial charge on any atom is -0.411 e. The number of aryl methyl sites for hydroxylation is 1. The molecule has 2 aromatic carbocycles. The molecule has 0 aliphatic rings. The van der Waals surface area contributed by atoms with E-state index in [2.05, 4.69) is 5.16 Å². The van der Waals surface area contributed by atoms with E-state index in [0.29, 0.717) is 16.8 Å². The lowest BCUT2D eigenvalue weighted by molar-refractivity contribution is 0.282. The van der Waals surface area contributed by atoms with Crippen molar-refractivity contribution in [2.45, 2.75) is 18.9 Å². The lowest BCUT2D eigenvalue weighted by Gasteiger charge is -2.20. The summed E-state index contributed by atoms with van der Waals surface area (Å²) in [7, 11) is 1.60. The molecule has 29 heavy (non-hydrogen) atoms. The van der Waals surface area contributed by atoms with Crippen LogP contribution in [0.4, 0.5) is 4.39 Å². The van der Waals surface area contributed by atoms with E-state index in [1.54, 1.807) is 55.7 Å². The second-order valence-corrected chi connectivity index (χ2v) is 7.17. The first-order valence-corrected chi connectivity index (χ1v) is 9.33. The van der Waals surface area contributed by atoms with Crippen LogP contribution in [0.5, 0.6) is 0 Å². The summed E-state index contributed by atoms with van der Waals surface area (Å²) in [5, 5.41) is 22.6. The average Bonchev–Trinajstić information content (AvgIpc) is 2.72. The minimum absolute atomic E-state index is 0.0956. The van der Waals surface area contributed by atoms with Gasteiger partial charge in [-0.2, -0.15) is 0 Å². The molecule has 150 valence electrons. The van der Waals surface area contributed by atoms with E-state index in [1.807, 2.05) is 0 Å². The zero-order valence-electron chi connectivity index (χ0n) is 15.7. The van der Waals surface area contributed by atoms with Crippen molar-refractivity contribution in [3.8, 4) is 0 Å². The van der Waals surface area contributed by atoms with Crippen molar-refractivity contribution in [2.24, 2.45) is 12.2 Å². The van der Waals surface area contributed by atoms with Gasteiger partial charge in [0.2, 0.25) is 5.56 Å². The molecule has 1 atom stereocenters. The van der Waals surface area contributed by atoms with Crippen LogP contribution in [0.2, 0.25) is 5.02 Å². The number of nitrogens with zero attached hydrogens (tertiary/aromatic N) is 2. The largest absolute Gasteiger partial charge is 0.411 e. The van der Waals surface area contributed by atoms with Crippen LogP contribution in [-0.4, -0.2) is 20.6 Å². The Morgan fingerprint density at radius 1 is 1.17 bits per heavy atom. The number of halogens is 2. The van der Waals surface area contributed by atoms with Gasteiger partial charge in [-0.05, 0) is 34.9 Å². The van der Waals surface area contributed by atoms with Gasteiger partial charge >= 0.3 is 0 Å². The lowest BCUT2D eigenvalue weighted by atomic mass is 9.85. The van der Waals surface area contributed by atoms with Crippen LogP contribution in [0, 0.1) is 5.82 Å². The maximum atomic E-state index is 14.7. The summed E-state index contributed by atoms with van der Waals surface area (Å²) in [5.41, 5.74) is 2.60. The molecule has 1 aromatic heterocycles. The molecule has 0 saturated heterocycles. The van der Waals surface area contributed by atoms with Crippen molar-refractivity contribution >= 4 is 17.3 Å². The number of aliphatic hydroxyl groups excluding tert-OH is 1. The van der Waals surface area contributed by atoms with Gasteiger partial charge in [-0.3, -0.25) is 4.79 Å². The Bertz CT molecular complexity index is 1090. The molecule has 0 spiro atoms. The summed E-state index contributed by atoms with van der Waals surface area (Å²) in [6.07, 6.45) is 1.76. The topological polar surface area (TPSA) is 74.8 Å². The van der Waals surface area contributed by atoms with Crippen molar-refractivity contribution in [3.63, 3.8) is 0 Å². The summed E-state index contributed by atoms with van der Waals surface area (Å²) in [5.74, 6) is -0.936. The maximum absolute atomic E-state index is 14.7. The van der Waals surface area contributed by atoms with E-state index < -0.39 is 11.7 Å². The van der Waals surface area contributed by atoms with Gasteiger partial charge in [0, 0.05) is 42.2 Å². The van der Waals surface area contributed by atoms with Crippen LogP contribution in [0.25, 0.3) is 0 Å². The van der Waals surface area contributed by atoms with Crippen molar-refractivity contribution in [3.05, 3.63) is 104 Å². The molecule has 1 heterocycles. The van der Waals surface area contributed by atoms with Crippen LogP contribution in [0.1, 0.15) is 34.6 Å². The molecule has 0 bridgehead atoms. The van der Waals surface area contributed by atoms with Gasteiger partial charge in [0.15, 0.2) is 0 Å². The molecule has 0 aliphatic carbocycles. The third kappa shape index (κ3) is 4.72. The van der Waals surface area contributed by atoms with Gasteiger partial charge in [0.1, 0.15) is 5.82 Å². The van der Waals surface area contributed by atoms with E-state index in [9.17, 15) is 19.5 Å². The normalized spacial score (nSPS) is 12.8. The summed E-state index contributed by atoms with van der Waals surface area (Å²) in [6, 6.07) is 14.6. The van der Waals surface area contributed by atoms with E-state index in [4.69, 9.17) is 11.6 Å². The molecule has 0 amide bonds. The zero-order chi connectivity index (χ0) is 21.0. The molecule has 1 unspecified atom stereocenters. The average molecular weight is 415 g/mol. The summed E-state index contributed by atoms with van der Waals surface area (Å²) < 4.78 is 16.1. The third-order valence-corrected chi connectivity index (χ3v) is 5.07. The predicted molar refractivity (Wildman–Crippen MR) is 110 cm³/mol. The summed E-state index contributed by atoms with van der Waals surface area (Å²) >= 11 is 5.90. The first-order chi connectivity index (χ1) is 13.9. The fourth-order valence-electron chi connectivity index (χ4n) is 3.22. The third-order valence-electron chi connectivity index (χ3n) is 4.84. The maximum Gasteiger partial charge on any atom is 0.250 e. The SMILES string of the molecule is Cn1cc(/C(CC(c2ccc(CO)cc2)c2ccc(Cl)cc2F)=N\O)ccc1=O. The van der Waals surface area contributed by atoms with Gasteiger partial charge in [-0.25, -0.2) is 4.39 Å². The van der Waals surface area contributed by atoms with Gasteiger partial charge < -0.3 is 14.9 Å². The Morgan fingerprint density at radius 3 is 2.48 bits per heavy atom. The Balaban J connectivity index is 2.05. The highest BCUT2D eigenvalue weighted by atomic mass is 35.5. The van der Waals surface area contributed by atoms with Crippen molar-refractivity contribution in [2.75, 3.05) is 0 Å². The van der Waals surface area contributed by atoms with E-state index >= 15 is 0 Å². The van der Waals surface area contributed by atoms with E-state index in [0.717, 1.165) is 11.1 Å². The molecule has 7 heteroatoms. The number of hydrogen-bond acceptors (Lipinski definition) is 4. The van der Waals surface area contributed by atoms with Crippen molar-refractivity contribution in [1.82, 2.24) is 4.57 Å². The molecule has 0 radical (unpaired) electrons. The highest BCUT2D eigenvalue weighted by Crippen LogP contribution is 2.33. The molecule has 0 saturated carbocycles. The fourth-order valence-corrected chi connectivity index (χ4v) is 3.38. The monoisotopic (exact) mass is 414 g/mol. The Hall–Kier alpha value is -2.96. The molecule has 2 N–H and O–H groups in total. The van der Waals surface area contributed by atoms with Crippen LogP contribution in [0.15, 0.2) is 70.7 Å². The van der Waals surface area contributed by atoms with Crippen molar-refractivity contribution < 1.29 is 14.7 Å². The van der Waals surface area contributed by atoms with E-state index in [1.165, 1.54) is 16.7 Å². The number of aromatic nitrogens is 1. The predicted octanol–water partition coefficient (Wildman–Crippen LogP) is 4.07. The van der Waals surface area contributed by atoms with Gasteiger partial charge in [0.25, 0.3) is 0 Å². The second-order valence-electron chi connectivity index (χ2n) is 6.74. The van der Waals surface area contributed by atoms with Gasteiger partial charge in [0.05, 0.1) is 12.3 Å². The van der Waals surface area contributed by atoms with Gasteiger partial charge in [-0.1, -0.05) is 47.1 Å². The lowest BCUT2D eigenvalue weighted by Crippen LogP contribution is -2.18. The fraction of sp³-hybridized carbons (Fsp3) is 0.182. The second kappa shape index (κ2) is 9.03. The highest BCUT2D eigenvalue weighted by Gasteiger charge is 2.22. The number of aliphatic hydroxyl groups is 1. The van der Waals surface area contributed by atoms with Crippen molar-refractivity contribution in [1.29, 1.82) is 0 Å². The van der Waals surface area contributed by atoms with E-state index in [-0.39, 0.29) is 23.6 Å². The standard InChI is InChI=1S/C22H20ClFN2O3/c1-26-12-16(6-9-22(26)28)21(25-29)11-19(15-4-2-14(13-27)3-5-15)18-8-7-17(23)10-20(18)24/h2-10,12,19,27,29H,11,13H2,1H3/b25-21-. The number of benzene rings is 2. The first-order valence-electron chi connectivity index (χ1n) is 8.95. The number of oxime groups is 1. The van der Waals surface area contributed by atoms with Crippen LogP contribution in [-0.2, 0) is 13.7 Å². The Labute approximate surface area is 172 Å². The molecular formula is C22H20ClFN2O3. The smallest absolute Gasteiger partial charge is 0.250 e. The molecule has 3 aromatic rings. The number of rotatable bonds is 6.